The maximum Gasteiger partial charge on any atom is 0.222 e. The van der Waals surface area contributed by atoms with Crippen LogP contribution in [0, 0.1) is 0 Å². The Morgan fingerprint density at radius 2 is 2.21 bits per heavy atom. The molecule has 0 aliphatic rings. The third-order valence-electron chi connectivity index (χ3n) is 2.38. The third-order valence-corrected chi connectivity index (χ3v) is 2.38. The van der Waals surface area contributed by atoms with Crippen LogP contribution in [0.5, 0.6) is 5.75 Å². The molecule has 0 fully saturated rings. The molecule has 1 amide bonds. The largest absolute Gasteiger partial charge is 0.494 e. The van der Waals surface area contributed by atoms with Crippen molar-refractivity contribution >= 4 is 11.7 Å². The van der Waals surface area contributed by atoms with Gasteiger partial charge < -0.3 is 10.1 Å². The molecule has 2 aromatic rings. The van der Waals surface area contributed by atoms with Crippen LogP contribution in [0.25, 0.3) is 11.3 Å². The lowest BCUT2D eigenvalue weighted by Crippen LogP contribution is -2.08. The van der Waals surface area contributed by atoms with Crippen LogP contribution < -0.4 is 10.1 Å². The smallest absolute Gasteiger partial charge is 0.222 e. The molecule has 0 aliphatic heterocycles. The summed E-state index contributed by atoms with van der Waals surface area (Å²) in [6.07, 6.45) is 3.16. The number of anilines is 1. The zero-order valence-electron chi connectivity index (χ0n) is 10.9. The second kappa shape index (κ2) is 5.95. The minimum absolute atomic E-state index is 0.172. The lowest BCUT2D eigenvalue weighted by Gasteiger charge is -2.07. The molecular weight excluding hydrogens is 242 g/mol. The van der Waals surface area contributed by atoms with Crippen molar-refractivity contribution in [1.82, 2.24) is 9.97 Å². The maximum atomic E-state index is 11.0. The lowest BCUT2D eigenvalue weighted by atomic mass is 10.1. The fourth-order valence-corrected chi connectivity index (χ4v) is 1.66. The molecule has 1 aromatic carbocycles. The maximum absolute atomic E-state index is 11.0. The topological polar surface area (TPSA) is 64.1 Å². The van der Waals surface area contributed by atoms with E-state index < -0.39 is 0 Å². The van der Waals surface area contributed by atoms with Crippen molar-refractivity contribution in [3.63, 3.8) is 0 Å². The molecule has 19 heavy (non-hydrogen) atoms. The highest BCUT2D eigenvalue weighted by Gasteiger charge is 2.04. The average molecular weight is 257 g/mol. The van der Waals surface area contributed by atoms with Crippen molar-refractivity contribution < 1.29 is 9.53 Å². The molecule has 98 valence electrons. The van der Waals surface area contributed by atoms with Crippen LogP contribution in [0.3, 0.4) is 0 Å². The van der Waals surface area contributed by atoms with Gasteiger partial charge in [0.25, 0.3) is 0 Å². The van der Waals surface area contributed by atoms with E-state index in [9.17, 15) is 4.79 Å². The van der Waals surface area contributed by atoms with Gasteiger partial charge in [-0.2, -0.15) is 0 Å². The summed E-state index contributed by atoms with van der Waals surface area (Å²) in [7, 11) is 0. The molecule has 1 heterocycles. The predicted molar refractivity (Wildman–Crippen MR) is 72.9 cm³/mol. The second-order valence-electron chi connectivity index (χ2n) is 3.93. The monoisotopic (exact) mass is 257 g/mol. The Balaban J connectivity index is 2.30. The Morgan fingerprint density at radius 3 is 2.95 bits per heavy atom. The fraction of sp³-hybridized carbons (Fsp3) is 0.214. The summed E-state index contributed by atoms with van der Waals surface area (Å²) < 4.78 is 5.44. The van der Waals surface area contributed by atoms with Gasteiger partial charge >= 0.3 is 0 Å². The molecule has 5 heteroatoms. The number of nitrogens with zero attached hydrogens (tertiary/aromatic N) is 2. The van der Waals surface area contributed by atoms with E-state index in [0.717, 1.165) is 11.3 Å². The minimum atomic E-state index is -0.172. The third kappa shape index (κ3) is 3.51. The van der Waals surface area contributed by atoms with Gasteiger partial charge in [-0.05, 0) is 19.1 Å². The first-order valence-corrected chi connectivity index (χ1v) is 6.02. The van der Waals surface area contributed by atoms with Gasteiger partial charge in [-0.15, -0.1) is 0 Å². The zero-order valence-corrected chi connectivity index (χ0v) is 10.9. The number of rotatable bonds is 4. The summed E-state index contributed by atoms with van der Waals surface area (Å²) in [5.41, 5.74) is 1.58. The van der Waals surface area contributed by atoms with Crippen molar-refractivity contribution in [3.8, 4) is 17.0 Å². The van der Waals surface area contributed by atoms with Crippen LogP contribution in [-0.2, 0) is 4.79 Å². The van der Waals surface area contributed by atoms with E-state index in [0.29, 0.717) is 18.1 Å². The summed E-state index contributed by atoms with van der Waals surface area (Å²) in [5.74, 6) is 1.05. The van der Waals surface area contributed by atoms with Gasteiger partial charge in [0.2, 0.25) is 5.91 Å². The Morgan fingerprint density at radius 1 is 1.37 bits per heavy atom. The van der Waals surface area contributed by atoms with Crippen LogP contribution in [0.4, 0.5) is 5.82 Å². The summed E-state index contributed by atoms with van der Waals surface area (Å²) in [4.78, 5) is 19.4. The molecule has 0 atom stereocenters. The van der Waals surface area contributed by atoms with E-state index in [1.807, 2.05) is 31.2 Å². The van der Waals surface area contributed by atoms with E-state index >= 15 is 0 Å². The van der Waals surface area contributed by atoms with E-state index in [1.54, 1.807) is 6.20 Å². The molecule has 0 unspecified atom stereocenters. The van der Waals surface area contributed by atoms with Crippen LogP contribution in [0.1, 0.15) is 13.8 Å². The molecule has 0 saturated heterocycles. The number of hydrogen-bond acceptors (Lipinski definition) is 4. The first-order chi connectivity index (χ1) is 9.19. The molecule has 0 bridgehead atoms. The number of hydrogen-bond donors (Lipinski definition) is 1. The van der Waals surface area contributed by atoms with Gasteiger partial charge in [-0.25, -0.2) is 4.98 Å². The molecule has 0 aliphatic carbocycles. The van der Waals surface area contributed by atoms with Crippen molar-refractivity contribution in [2.24, 2.45) is 0 Å². The molecule has 0 radical (unpaired) electrons. The van der Waals surface area contributed by atoms with E-state index in [-0.39, 0.29) is 5.91 Å². The Labute approximate surface area is 111 Å². The number of aromatic nitrogens is 2. The first-order valence-electron chi connectivity index (χ1n) is 6.02. The minimum Gasteiger partial charge on any atom is -0.494 e. The van der Waals surface area contributed by atoms with Crippen molar-refractivity contribution in [1.29, 1.82) is 0 Å². The summed E-state index contributed by atoms with van der Waals surface area (Å²) >= 11 is 0. The highest BCUT2D eigenvalue weighted by Crippen LogP contribution is 2.22. The predicted octanol–water partition coefficient (Wildman–Crippen LogP) is 2.50. The lowest BCUT2D eigenvalue weighted by molar-refractivity contribution is -0.114. The molecule has 1 N–H and O–H groups in total. The van der Waals surface area contributed by atoms with E-state index in [4.69, 9.17) is 4.74 Å². The first kappa shape index (κ1) is 13.0. The Hall–Kier alpha value is -2.43. The van der Waals surface area contributed by atoms with Crippen molar-refractivity contribution in [2.75, 3.05) is 11.9 Å². The van der Waals surface area contributed by atoms with Crippen LogP contribution in [-0.4, -0.2) is 22.5 Å². The second-order valence-corrected chi connectivity index (χ2v) is 3.93. The number of carbonyl (C=O) groups is 1. The van der Waals surface area contributed by atoms with Gasteiger partial charge in [-0.3, -0.25) is 9.78 Å². The Bertz CT molecular complexity index is 584. The van der Waals surface area contributed by atoms with E-state index in [1.165, 1.54) is 13.1 Å². The van der Waals surface area contributed by atoms with Gasteiger partial charge in [0.05, 0.1) is 24.7 Å². The molecule has 2 rings (SSSR count). The van der Waals surface area contributed by atoms with Crippen molar-refractivity contribution in [3.05, 3.63) is 36.7 Å². The van der Waals surface area contributed by atoms with Gasteiger partial charge in [-0.1, -0.05) is 12.1 Å². The molecular formula is C14H15N3O2. The summed E-state index contributed by atoms with van der Waals surface area (Å²) in [6, 6.07) is 7.60. The number of benzene rings is 1. The van der Waals surface area contributed by atoms with Crippen LogP contribution >= 0.6 is 0 Å². The number of amides is 1. The van der Waals surface area contributed by atoms with Gasteiger partial charge in [0.1, 0.15) is 5.75 Å². The van der Waals surface area contributed by atoms with Crippen LogP contribution in [0.15, 0.2) is 36.7 Å². The van der Waals surface area contributed by atoms with Gasteiger partial charge in [0.15, 0.2) is 5.82 Å². The SMILES string of the molecule is CCOc1cccc(-c2cncc(NC(C)=O)n2)c1. The highest BCUT2D eigenvalue weighted by atomic mass is 16.5. The van der Waals surface area contributed by atoms with Crippen molar-refractivity contribution in [2.45, 2.75) is 13.8 Å². The van der Waals surface area contributed by atoms with Crippen LogP contribution in [0.2, 0.25) is 0 Å². The summed E-state index contributed by atoms with van der Waals surface area (Å²) in [5, 5.41) is 2.61. The molecule has 0 saturated carbocycles. The number of carbonyl (C=O) groups excluding carboxylic acids is 1. The van der Waals surface area contributed by atoms with Gasteiger partial charge in [0, 0.05) is 12.5 Å². The van der Waals surface area contributed by atoms with E-state index in [2.05, 4.69) is 15.3 Å². The number of ether oxygens (including phenoxy) is 1. The molecule has 5 nitrogen and oxygen atoms in total. The fourth-order valence-electron chi connectivity index (χ4n) is 1.66. The standard InChI is InChI=1S/C14H15N3O2/c1-3-19-12-6-4-5-11(7-12)13-8-15-9-14(17-13)16-10(2)18/h4-9H,3H2,1-2H3,(H,16,17,18). The molecule has 1 aromatic heterocycles. The Kier molecular flexibility index (Phi) is 4.07. The normalized spacial score (nSPS) is 10.0. The highest BCUT2D eigenvalue weighted by molar-refractivity contribution is 5.87. The zero-order chi connectivity index (χ0) is 13.7. The summed E-state index contributed by atoms with van der Waals surface area (Å²) in [6.45, 7) is 3.98. The average Bonchev–Trinajstić information content (AvgIpc) is 2.39. The molecule has 0 spiro atoms. The quantitative estimate of drug-likeness (QED) is 0.914. The number of nitrogens with one attached hydrogen (secondary N) is 1.